The van der Waals surface area contributed by atoms with Gasteiger partial charge in [0.15, 0.2) is 0 Å². The molecular weight excluding hydrogens is 134 g/mol. The molecule has 1 saturated carbocycles. The highest BCUT2D eigenvalue weighted by molar-refractivity contribution is 5.59. The zero-order chi connectivity index (χ0) is 7.57. The van der Waals surface area contributed by atoms with Crippen LogP contribution >= 0.6 is 0 Å². The van der Waals surface area contributed by atoms with Gasteiger partial charge < -0.3 is 0 Å². The third kappa shape index (κ3) is 1.47. The average molecular weight is 151 g/mol. The van der Waals surface area contributed by atoms with Crippen LogP contribution in [0.4, 0.5) is 0 Å². The van der Waals surface area contributed by atoms with Gasteiger partial charge in [0.1, 0.15) is 0 Å². The fourth-order valence-electron chi connectivity index (χ4n) is 2.43. The molecule has 11 heavy (non-hydrogen) atoms. The topological polar surface area (TPSA) is 12.4 Å². The minimum atomic E-state index is 0.427. The van der Waals surface area contributed by atoms with Gasteiger partial charge in [-0.05, 0) is 38.3 Å². The summed E-state index contributed by atoms with van der Waals surface area (Å²) in [6.07, 6.45) is 13.1. The molecule has 0 N–H and O–H groups in total. The molecule has 1 aliphatic heterocycles. The zero-order valence-electron chi connectivity index (χ0n) is 7.18. The molecule has 2 rings (SSSR count). The number of rotatable bonds is 0. The highest BCUT2D eigenvalue weighted by Gasteiger charge is 2.31. The SMILES string of the molecule is C1=NC2(CCC1)CCCCC2. The smallest absolute Gasteiger partial charge is 0.0604 e. The van der Waals surface area contributed by atoms with E-state index in [0.717, 1.165) is 0 Å². The van der Waals surface area contributed by atoms with Crippen LogP contribution in [0.5, 0.6) is 0 Å². The highest BCUT2D eigenvalue weighted by Crippen LogP contribution is 2.37. The van der Waals surface area contributed by atoms with Gasteiger partial charge >= 0.3 is 0 Å². The van der Waals surface area contributed by atoms with Gasteiger partial charge in [0, 0.05) is 0 Å². The van der Waals surface area contributed by atoms with Crippen LogP contribution < -0.4 is 0 Å². The summed E-state index contributed by atoms with van der Waals surface area (Å²) in [5.74, 6) is 0. The summed E-state index contributed by atoms with van der Waals surface area (Å²) >= 11 is 0. The Kier molecular flexibility index (Phi) is 1.97. The molecule has 1 heteroatoms. The first-order valence-corrected chi connectivity index (χ1v) is 4.95. The fraction of sp³-hybridized carbons (Fsp3) is 0.900. The second kappa shape index (κ2) is 2.96. The molecule has 0 atom stereocenters. The van der Waals surface area contributed by atoms with Crippen LogP contribution in [0.25, 0.3) is 0 Å². The predicted molar refractivity (Wildman–Crippen MR) is 48.2 cm³/mol. The van der Waals surface area contributed by atoms with Crippen molar-refractivity contribution in [2.45, 2.75) is 56.9 Å². The van der Waals surface area contributed by atoms with Crippen LogP contribution in [-0.4, -0.2) is 11.8 Å². The Morgan fingerprint density at radius 1 is 0.909 bits per heavy atom. The lowest BCUT2D eigenvalue weighted by atomic mass is 9.78. The van der Waals surface area contributed by atoms with Crippen molar-refractivity contribution in [3.05, 3.63) is 0 Å². The standard InChI is InChI=1S/C10H17N/c1-2-6-10(7-3-1)8-4-5-9-11-10/h9H,1-8H2. The maximum Gasteiger partial charge on any atom is 0.0604 e. The first-order chi connectivity index (χ1) is 5.41. The molecule has 1 aliphatic carbocycles. The van der Waals surface area contributed by atoms with Crippen LogP contribution in [0.2, 0.25) is 0 Å². The van der Waals surface area contributed by atoms with E-state index in [1.807, 2.05) is 0 Å². The maximum atomic E-state index is 4.70. The molecule has 2 aliphatic rings. The van der Waals surface area contributed by atoms with Crippen molar-refractivity contribution in [1.82, 2.24) is 0 Å². The number of aliphatic imine (C=N–C) groups is 1. The fourth-order valence-corrected chi connectivity index (χ4v) is 2.43. The van der Waals surface area contributed by atoms with Gasteiger partial charge in [0.2, 0.25) is 0 Å². The zero-order valence-corrected chi connectivity index (χ0v) is 7.18. The van der Waals surface area contributed by atoms with Gasteiger partial charge in [-0.15, -0.1) is 0 Å². The Labute approximate surface area is 68.9 Å². The van der Waals surface area contributed by atoms with E-state index in [2.05, 4.69) is 6.21 Å². The Morgan fingerprint density at radius 2 is 1.64 bits per heavy atom. The van der Waals surface area contributed by atoms with Crippen molar-refractivity contribution in [3.8, 4) is 0 Å². The molecule has 0 aromatic rings. The van der Waals surface area contributed by atoms with Crippen molar-refractivity contribution in [3.63, 3.8) is 0 Å². The quantitative estimate of drug-likeness (QED) is 0.504. The molecule has 0 saturated heterocycles. The molecular formula is C10H17N. The van der Waals surface area contributed by atoms with Gasteiger partial charge in [-0.2, -0.15) is 0 Å². The van der Waals surface area contributed by atoms with E-state index in [0.29, 0.717) is 5.54 Å². The van der Waals surface area contributed by atoms with E-state index in [1.165, 1.54) is 51.4 Å². The lowest BCUT2D eigenvalue weighted by Gasteiger charge is -2.35. The minimum Gasteiger partial charge on any atom is -0.291 e. The van der Waals surface area contributed by atoms with Gasteiger partial charge in [-0.3, -0.25) is 4.99 Å². The van der Waals surface area contributed by atoms with Crippen molar-refractivity contribution in [1.29, 1.82) is 0 Å². The Balaban J connectivity index is 2.06. The van der Waals surface area contributed by atoms with Gasteiger partial charge in [-0.25, -0.2) is 0 Å². The van der Waals surface area contributed by atoms with Gasteiger partial charge in [0.25, 0.3) is 0 Å². The lowest BCUT2D eigenvalue weighted by Crippen LogP contribution is -2.31. The Hall–Kier alpha value is -0.330. The van der Waals surface area contributed by atoms with Crippen LogP contribution in [0.1, 0.15) is 51.4 Å². The molecule has 1 spiro atoms. The number of nitrogens with zero attached hydrogens (tertiary/aromatic N) is 1. The molecule has 0 aromatic heterocycles. The summed E-state index contributed by atoms with van der Waals surface area (Å²) in [4.78, 5) is 4.70. The van der Waals surface area contributed by atoms with E-state index < -0.39 is 0 Å². The third-order valence-corrected chi connectivity index (χ3v) is 3.12. The average Bonchev–Trinajstić information content (AvgIpc) is 2.07. The van der Waals surface area contributed by atoms with Crippen LogP contribution in [0, 0.1) is 0 Å². The highest BCUT2D eigenvalue weighted by atomic mass is 14.9. The van der Waals surface area contributed by atoms with Crippen molar-refractivity contribution < 1.29 is 0 Å². The van der Waals surface area contributed by atoms with E-state index in [-0.39, 0.29) is 0 Å². The summed E-state index contributed by atoms with van der Waals surface area (Å²) < 4.78 is 0. The summed E-state index contributed by atoms with van der Waals surface area (Å²) in [6.45, 7) is 0. The molecule has 1 heterocycles. The second-order valence-electron chi connectivity index (χ2n) is 3.99. The van der Waals surface area contributed by atoms with Crippen LogP contribution in [0.3, 0.4) is 0 Å². The van der Waals surface area contributed by atoms with Crippen LogP contribution in [-0.2, 0) is 0 Å². The third-order valence-electron chi connectivity index (χ3n) is 3.12. The minimum absolute atomic E-state index is 0.427. The molecule has 0 amide bonds. The summed E-state index contributed by atoms with van der Waals surface area (Å²) in [5, 5.41) is 0. The predicted octanol–water partition coefficient (Wildman–Crippen LogP) is 2.94. The van der Waals surface area contributed by atoms with E-state index in [4.69, 9.17) is 4.99 Å². The largest absolute Gasteiger partial charge is 0.291 e. The summed E-state index contributed by atoms with van der Waals surface area (Å²) in [7, 11) is 0. The van der Waals surface area contributed by atoms with Crippen LogP contribution in [0.15, 0.2) is 4.99 Å². The van der Waals surface area contributed by atoms with Crippen molar-refractivity contribution >= 4 is 6.21 Å². The van der Waals surface area contributed by atoms with E-state index >= 15 is 0 Å². The molecule has 0 unspecified atom stereocenters. The summed E-state index contributed by atoms with van der Waals surface area (Å²) in [6, 6.07) is 0. The maximum absolute atomic E-state index is 4.70. The van der Waals surface area contributed by atoms with Gasteiger partial charge in [-0.1, -0.05) is 19.3 Å². The molecule has 1 fully saturated rings. The summed E-state index contributed by atoms with van der Waals surface area (Å²) in [5.41, 5.74) is 0.427. The monoisotopic (exact) mass is 151 g/mol. The molecule has 0 bridgehead atoms. The second-order valence-corrected chi connectivity index (χ2v) is 3.99. The number of hydrogen-bond acceptors (Lipinski definition) is 1. The van der Waals surface area contributed by atoms with Gasteiger partial charge in [0.05, 0.1) is 5.54 Å². The number of hydrogen-bond donors (Lipinski definition) is 0. The Bertz CT molecular complexity index is 154. The molecule has 62 valence electrons. The normalized spacial score (nSPS) is 29.1. The van der Waals surface area contributed by atoms with Crippen molar-refractivity contribution in [2.75, 3.05) is 0 Å². The molecule has 1 nitrogen and oxygen atoms in total. The Morgan fingerprint density at radius 3 is 2.27 bits per heavy atom. The van der Waals surface area contributed by atoms with Crippen molar-refractivity contribution in [2.24, 2.45) is 4.99 Å². The first kappa shape index (κ1) is 7.33. The van der Waals surface area contributed by atoms with E-state index in [1.54, 1.807) is 0 Å². The van der Waals surface area contributed by atoms with E-state index in [9.17, 15) is 0 Å². The molecule has 0 radical (unpaired) electrons. The first-order valence-electron chi connectivity index (χ1n) is 4.95. The molecule has 0 aromatic carbocycles. The lowest BCUT2D eigenvalue weighted by molar-refractivity contribution is 0.270.